The van der Waals surface area contributed by atoms with Crippen molar-refractivity contribution in [2.75, 3.05) is 55.6 Å². The Balaban J connectivity index is 0.707. The molecule has 3 aromatic rings. The third kappa shape index (κ3) is 7.76. The van der Waals surface area contributed by atoms with Crippen LogP contribution in [0.25, 0.3) is 0 Å². The van der Waals surface area contributed by atoms with Crippen molar-refractivity contribution in [2.24, 2.45) is 11.3 Å². The van der Waals surface area contributed by atoms with Crippen molar-refractivity contribution < 1.29 is 33.1 Å². The van der Waals surface area contributed by atoms with E-state index >= 15 is 4.39 Å². The molecule has 5 fully saturated rings. The molecule has 1 spiro atoms. The summed E-state index contributed by atoms with van der Waals surface area (Å²) < 4.78 is 21.5. The maximum atomic E-state index is 15.5. The molecule has 15 nitrogen and oxygen atoms in total. The quantitative estimate of drug-likeness (QED) is 0.295. The molecule has 2 N–H and O–H groups in total. The number of nitrogens with one attached hydrogen (secondary N) is 2. The second-order valence-corrected chi connectivity index (χ2v) is 17.6. The van der Waals surface area contributed by atoms with Crippen molar-refractivity contribution in [3.63, 3.8) is 0 Å². The molecule has 1 saturated carbocycles. The number of nitrogens with zero attached hydrogens (tertiary/aromatic N) is 7. The molecule has 0 radical (unpaired) electrons. The Kier molecular flexibility index (Phi) is 10.7. The molecule has 1 aromatic heterocycles. The highest BCUT2D eigenvalue weighted by Gasteiger charge is 2.49. The number of nitriles is 1. The third-order valence-electron chi connectivity index (χ3n) is 13.1. The smallest absolute Gasteiger partial charge is 0.272 e. The predicted molar refractivity (Wildman–Crippen MR) is 216 cm³/mol. The Morgan fingerprint density at radius 3 is 2.35 bits per heavy atom. The lowest BCUT2D eigenvalue weighted by molar-refractivity contribution is -0.136. The molecule has 17 heteroatoms. The van der Waals surface area contributed by atoms with E-state index in [4.69, 9.17) is 21.6 Å². The number of likely N-dealkylation sites (tertiary alicyclic amines) is 1. The Bertz CT molecular complexity index is 2280. The van der Waals surface area contributed by atoms with Gasteiger partial charge >= 0.3 is 0 Å². The number of ether oxygens (including phenoxy) is 1. The first kappa shape index (κ1) is 39.8. The van der Waals surface area contributed by atoms with Crippen LogP contribution >= 0.6 is 11.6 Å². The molecule has 6 aliphatic rings. The van der Waals surface area contributed by atoms with Crippen molar-refractivity contribution in [1.82, 2.24) is 30.6 Å². The third-order valence-corrected chi connectivity index (χ3v) is 13.4. The Hall–Kier alpha value is -5.66. The van der Waals surface area contributed by atoms with Crippen molar-refractivity contribution >= 4 is 52.6 Å². The summed E-state index contributed by atoms with van der Waals surface area (Å²) in [4.78, 5) is 71.1. The van der Waals surface area contributed by atoms with E-state index in [2.05, 4.69) is 30.6 Å². The fourth-order valence-corrected chi connectivity index (χ4v) is 10.1. The van der Waals surface area contributed by atoms with Crippen LogP contribution in [0, 0.1) is 28.5 Å². The second-order valence-electron chi connectivity index (χ2n) is 17.2. The number of fused-ring (bicyclic) bond motifs is 1. The van der Waals surface area contributed by atoms with E-state index < -0.39 is 35.5 Å². The molecule has 1 atom stereocenters. The standard InChI is InChI=1S/C43H45ClFN9O6/c44-32-17-29(4-1-26(32)20-46)60-28-5-2-27(3-6-28)47-39(56)34-7-9-37(50-49-34)53-16-13-43(24-53)22-51(23-43)21-25-11-14-52(15-12-25)36-19-31-30(18-33(36)45)41(58)54(42(31)59)35-8-10-38(55)48-40(35)57/h1,4,7,9,17-19,25,27-28,35H,2-3,5-6,8,10-16,21-24H2,(H,47,56)(H,48,55,57). The number of halogens is 2. The Labute approximate surface area is 351 Å². The minimum absolute atomic E-state index is 0.00973. The van der Waals surface area contributed by atoms with Crippen LogP contribution in [0.5, 0.6) is 5.75 Å². The molecule has 5 aliphatic heterocycles. The van der Waals surface area contributed by atoms with Crippen molar-refractivity contribution in [1.29, 1.82) is 5.26 Å². The highest BCUT2D eigenvalue weighted by Crippen LogP contribution is 2.42. The van der Waals surface area contributed by atoms with Gasteiger partial charge in [-0.15, -0.1) is 10.2 Å². The van der Waals surface area contributed by atoms with Crippen molar-refractivity contribution in [3.05, 3.63) is 75.7 Å². The van der Waals surface area contributed by atoms with Crippen LogP contribution in [-0.2, 0) is 9.59 Å². The van der Waals surface area contributed by atoms with Gasteiger partial charge in [-0.2, -0.15) is 5.26 Å². The first-order valence-corrected chi connectivity index (χ1v) is 21.1. The molecule has 2 aromatic carbocycles. The van der Waals surface area contributed by atoms with Crippen LogP contribution in [-0.4, -0.2) is 114 Å². The average molecular weight is 838 g/mol. The van der Waals surface area contributed by atoms with E-state index in [9.17, 15) is 24.0 Å². The first-order chi connectivity index (χ1) is 29.0. The Morgan fingerprint density at radius 1 is 0.917 bits per heavy atom. The topological polar surface area (TPSA) is 181 Å². The second kappa shape index (κ2) is 16.1. The van der Waals surface area contributed by atoms with Crippen molar-refractivity contribution in [3.8, 4) is 11.8 Å². The lowest BCUT2D eigenvalue weighted by Crippen LogP contribution is -2.59. The zero-order valence-corrected chi connectivity index (χ0v) is 33.8. The molecule has 5 amide bonds. The van der Waals surface area contributed by atoms with Gasteiger partial charge in [0.1, 0.15) is 23.7 Å². The molecule has 9 rings (SSSR count). The normalized spacial score (nSPS) is 24.3. The number of aromatic nitrogens is 2. The number of piperidine rings is 2. The lowest BCUT2D eigenvalue weighted by Gasteiger charge is -2.50. The minimum Gasteiger partial charge on any atom is -0.490 e. The minimum atomic E-state index is -1.10. The van der Waals surface area contributed by atoms with Gasteiger partial charge in [0.15, 0.2) is 11.5 Å². The molecule has 312 valence electrons. The van der Waals surface area contributed by atoms with E-state index in [0.29, 0.717) is 35.3 Å². The van der Waals surface area contributed by atoms with E-state index in [1.165, 1.54) is 6.07 Å². The van der Waals surface area contributed by atoms with Crippen LogP contribution < -0.4 is 25.2 Å². The van der Waals surface area contributed by atoms with Crippen LogP contribution in [0.3, 0.4) is 0 Å². The zero-order chi connectivity index (χ0) is 41.7. The van der Waals surface area contributed by atoms with Gasteiger partial charge in [0.05, 0.1) is 33.5 Å². The fourth-order valence-electron chi connectivity index (χ4n) is 9.91. The van der Waals surface area contributed by atoms with Gasteiger partial charge < -0.3 is 24.8 Å². The number of carbonyl (C=O) groups excluding carboxylic acids is 5. The highest BCUT2D eigenvalue weighted by molar-refractivity contribution is 6.31. The summed E-state index contributed by atoms with van der Waals surface area (Å²) in [6, 6.07) is 12.2. The summed E-state index contributed by atoms with van der Waals surface area (Å²) in [5, 5.41) is 23.5. The summed E-state index contributed by atoms with van der Waals surface area (Å²) in [5.41, 5.74) is 1.19. The van der Waals surface area contributed by atoms with Gasteiger partial charge in [-0.25, -0.2) is 4.39 Å². The maximum absolute atomic E-state index is 15.5. The van der Waals surface area contributed by atoms with E-state index in [-0.39, 0.29) is 58.8 Å². The number of hydrogen-bond donors (Lipinski definition) is 2. The molecular weight excluding hydrogens is 793 g/mol. The lowest BCUT2D eigenvalue weighted by atomic mass is 9.78. The first-order valence-electron chi connectivity index (χ1n) is 20.7. The summed E-state index contributed by atoms with van der Waals surface area (Å²) in [7, 11) is 0. The van der Waals surface area contributed by atoms with Crippen molar-refractivity contribution in [2.45, 2.75) is 76.0 Å². The Morgan fingerprint density at radius 2 is 1.67 bits per heavy atom. The van der Waals surface area contributed by atoms with Gasteiger partial charge in [0, 0.05) is 69.8 Å². The molecule has 60 heavy (non-hydrogen) atoms. The molecular formula is C43H45ClFN9O6. The maximum Gasteiger partial charge on any atom is 0.272 e. The number of amides is 5. The summed E-state index contributed by atoms with van der Waals surface area (Å²) >= 11 is 6.15. The van der Waals surface area contributed by atoms with Gasteiger partial charge in [-0.3, -0.25) is 34.2 Å². The number of imide groups is 2. The van der Waals surface area contributed by atoms with E-state index in [0.717, 1.165) is 94.5 Å². The summed E-state index contributed by atoms with van der Waals surface area (Å²) in [6.45, 7) is 5.93. The van der Waals surface area contributed by atoms with Crippen LogP contribution in [0.1, 0.15) is 94.6 Å². The zero-order valence-electron chi connectivity index (χ0n) is 33.0. The van der Waals surface area contributed by atoms with Crippen LogP contribution in [0.2, 0.25) is 5.02 Å². The average Bonchev–Trinajstić information content (AvgIpc) is 3.77. The number of carbonyl (C=O) groups is 5. The van der Waals surface area contributed by atoms with Crippen LogP contribution in [0.4, 0.5) is 15.9 Å². The SMILES string of the molecule is N#Cc1ccc(OC2CCC(NC(=O)c3ccc(N4CCC5(CN(CC6CCN(c7cc8c(cc7F)C(=O)N(C7CCC(=O)NC7=O)C8=O)CC6)C5)C4)nn3)CC2)cc1Cl. The highest BCUT2D eigenvalue weighted by atomic mass is 35.5. The molecule has 1 unspecified atom stereocenters. The molecule has 0 bridgehead atoms. The molecule has 4 saturated heterocycles. The molecule has 1 aliphatic carbocycles. The predicted octanol–water partition coefficient (Wildman–Crippen LogP) is 4.09. The fraction of sp³-hybridized carbons (Fsp3) is 0.488. The van der Waals surface area contributed by atoms with Gasteiger partial charge in [-0.1, -0.05) is 11.6 Å². The number of rotatable bonds is 9. The number of hydrogen-bond acceptors (Lipinski definition) is 12. The van der Waals surface area contributed by atoms with E-state index in [1.807, 2.05) is 17.0 Å². The number of anilines is 2. The van der Waals surface area contributed by atoms with Gasteiger partial charge in [0.25, 0.3) is 17.7 Å². The largest absolute Gasteiger partial charge is 0.490 e. The van der Waals surface area contributed by atoms with E-state index in [1.54, 1.807) is 24.3 Å². The van der Waals surface area contributed by atoms with Gasteiger partial charge in [-0.05, 0) is 93.7 Å². The number of benzene rings is 2. The molecule has 6 heterocycles. The summed E-state index contributed by atoms with van der Waals surface area (Å²) in [6.07, 6.45) is 5.96. The van der Waals surface area contributed by atoms with Crippen LogP contribution in [0.15, 0.2) is 42.5 Å². The van der Waals surface area contributed by atoms with Gasteiger partial charge in [0.2, 0.25) is 11.8 Å². The monoisotopic (exact) mass is 837 g/mol. The summed E-state index contributed by atoms with van der Waals surface area (Å²) in [5.74, 6) is -1.48.